The Labute approximate surface area is 231 Å². The van der Waals surface area contributed by atoms with Crippen molar-refractivity contribution in [2.24, 2.45) is 0 Å². The van der Waals surface area contributed by atoms with Crippen molar-refractivity contribution in [3.8, 4) is 16.9 Å². The van der Waals surface area contributed by atoms with E-state index in [4.69, 9.17) is 4.74 Å². The minimum atomic E-state index is 0.751. The van der Waals surface area contributed by atoms with Gasteiger partial charge in [-0.2, -0.15) is 0 Å². The van der Waals surface area contributed by atoms with E-state index < -0.39 is 0 Å². The molecule has 0 atom stereocenters. The summed E-state index contributed by atoms with van der Waals surface area (Å²) < 4.78 is 6.45. The summed E-state index contributed by atoms with van der Waals surface area (Å²) >= 11 is 0. The molecule has 208 valence electrons. The Morgan fingerprint density at radius 2 is 1.18 bits per heavy atom. The molecule has 0 saturated carbocycles. The molecule has 3 aliphatic rings. The van der Waals surface area contributed by atoms with Crippen molar-refractivity contribution in [3.63, 3.8) is 0 Å². The predicted molar refractivity (Wildman–Crippen MR) is 160 cm³/mol. The minimum Gasteiger partial charge on any atom is -0.490 e. The fourth-order valence-corrected chi connectivity index (χ4v) is 6.32. The molecular formula is C33H50N4O. The van der Waals surface area contributed by atoms with E-state index in [9.17, 15) is 0 Å². The molecule has 5 nitrogen and oxygen atoms in total. The van der Waals surface area contributed by atoms with Gasteiger partial charge in [0.1, 0.15) is 12.4 Å². The molecule has 3 fully saturated rings. The highest BCUT2D eigenvalue weighted by molar-refractivity contribution is 5.71. The predicted octanol–water partition coefficient (Wildman–Crippen LogP) is 6.49. The first-order valence-electron chi connectivity index (χ1n) is 15.6. The number of rotatable bonds is 12. The number of piperidine rings is 3. The second-order valence-electron chi connectivity index (χ2n) is 11.7. The van der Waals surface area contributed by atoms with Gasteiger partial charge in [-0.25, -0.2) is 0 Å². The van der Waals surface area contributed by atoms with Crippen molar-refractivity contribution in [2.45, 2.75) is 70.8 Å². The highest BCUT2D eigenvalue weighted by Crippen LogP contribution is 2.32. The van der Waals surface area contributed by atoms with E-state index in [2.05, 4.69) is 62.5 Å². The number of hydrogen-bond donors (Lipinski definition) is 1. The maximum atomic E-state index is 6.45. The lowest BCUT2D eigenvalue weighted by molar-refractivity contribution is 0.184. The standard InChI is InChI=1S/C33H50N4O/c1-4-18-35(19-5-1)24-10-17-34-32-16-15-31(27-33(32)38-26-25-36-20-6-2-7-21-36)30-13-11-29(12-14-30)28-37-22-8-3-9-23-37/h11-16,27,34H,1-10,17-26,28H2. The van der Waals surface area contributed by atoms with Crippen molar-refractivity contribution >= 4 is 5.69 Å². The van der Waals surface area contributed by atoms with Gasteiger partial charge in [0.05, 0.1) is 5.69 Å². The Morgan fingerprint density at radius 3 is 1.84 bits per heavy atom. The van der Waals surface area contributed by atoms with Gasteiger partial charge in [-0.1, -0.05) is 49.6 Å². The lowest BCUT2D eigenvalue weighted by atomic mass is 10.0. The van der Waals surface area contributed by atoms with Crippen LogP contribution in [0.5, 0.6) is 5.75 Å². The van der Waals surface area contributed by atoms with Gasteiger partial charge in [0.25, 0.3) is 0 Å². The maximum Gasteiger partial charge on any atom is 0.143 e. The molecule has 0 radical (unpaired) electrons. The fraction of sp³-hybridized carbons (Fsp3) is 0.636. The van der Waals surface area contributed by atoms with Crippen LogP contribution in [0.2, 0.25) is 0 Å². The number of hydrogen-bond acceptors (Lipinski definition) is 5. The summed E-state index contributed by atoms with van der Waals surface area (Å²) in [5.74, 6) is 0.995. The van der Waals surface area contributed by atoms with Gasteiger partial charge >= 0.3 is 0 Å². The Kier molecular flexibility index (Phi) is 10.8. The third kappa shape index (κ3) is 8.46. The summed E-state index contributed by atoms with van der Waals surface area (Å²) in [7, 11) is 0. The van der Waals surface area contributed by atoms with E-state index in [1.807, 2.05) is 0 Å². The average molecular weight is 519 g/mol. The molecule has 38 heavy (non-hydrogen) atoms. The van der Waals surface area contributed by atoms with E-state index in [0.717, 1.165) is 37.7 Å². The zero-order valence-corrected chi connectivity index (χ0v) is 23.6. The van der Waals surface area contributed by atoms with Crippen LogP contribution in [0, 0.1) is 0 Å². The van der Waals surface area contributed by atoms with Crippen molar-refractivity contribution in [1.29, 1.82) is 0 Å². The quantitative estimate of drug-likeness (QED) is 0.325. The zero-order valence-electron chi connectivity index (χ0n) is 23.6. The van der Waals surface area contributed by atoms with Crippen LogP contribution in [-0.4, -0.2) is 80.2 Å². The van der Waals surface area contributed by atoms with Gasteiger partial charge in [-0.3, -0.25) is 9.80 Å². The van der Waals surface area contributed by atoms with Gasteiger partial charge in [-0.15, -0.1) is 0 Å². The van der Waals surface area contributed by atoms with Crippen LogP contribution < -0.4 is 10.1 Å². The lowest BCUT2D eigenvalue weighted by Crippen LogP contribution is -2.33. The normalized spacial score (nSPS) is 19.9. The van der Waals surface area contributed by atoms with Gasteiger partial charge in [0, 0.05) is 19.6 Å². The van der Waals surface area contributed by atoms with Crippen LogP contribution in [0.4, 0.5) is 5.69 Å². The van der Waals surface area contributed by atoms with Crippen LogP contribution in [0.25, 0.3) is 11.1 Å². The summed E-state index contributed by atoms with van der Waals surface area (Å²) in [6, 6.07) is 15.9. The first-order valence-corrected chi connectivity index (χ1v) is 15.6. The Bertz CT molecular complexity index is 944. The second-order valence-corrected chi connectivity index (χ2v) is 11.7. The summed E-state index contributed by atoms with van der Waals surface area (Å²) in [5, 5.41) is 3.70. The number of nitrogens with one attached hydrogen (secondary N) is 1. The molecule has 5 rings (SSSR count). The largest absolute Gasteiger partial charge is 0.490 e. The van der Waals surface area contributed by atoms with Gasteiger partial charge in [0.2, 0.25) is 0 Å². The smallest absolute Gasteiger partial charge is 0.143 e. The Morgan fingerprint density at radius 1 is 0.605 bits per heavy atom. The van der Waals surface area contributed by atoms with Crippen molar-refractivity contribution in [2.75, 3.05) is 70.8 Å². The molecule has 2 aromatic carbocycles. The number of likely N-dealkylation sites (tertiary alicyclic amines) is 3. The summed E-state index contributed by atoms with van der Waals surface area (Å²) in [5.41, 5.74) is 5.06. The summed E-state index contributed by atoms with van der Waals surface area (Å²) in [6.45, 7) is 12.5. The van der Waals surface area contributed by atoms with E-state index in [0.29, 0.717) is 0 Å². The molecule has 0 aliphatic carbocycles. The molecule has 0 spiro atoms. The van der Waals surface area contributed by atoms with E-state index in [-0.39, 0.29) is 0 Å². The first-order chi connectivity index (χ1) is 18.8. The third-order valence-electron chi connectivity index (χ3n) is 8.65. The number of anilines is 1. The minimum absolute atomic E-state index is 0.751. The monoisotopic (exact) mass is 518 g/mol. The van der Waals surface area contributed by atoms with Crippen LogP contribution in [-0.2, 0) is 6.54 Å². The molecule has 3 heterocycles. The molecule has 1 N–H and O–H groups in total. The van der Waals surface area contributed by atoms with Crippen LogP contribution in [0.15, 0.2) is 42.5 Å². The van der Waals surface area contributed by atoms with E-state index >= 15 is 0 Å². The van der Waals surface area contributed by atoms with Gasteiger partial charge < -0.3 is 15.0 Å². The second kappa shape index (κ2) is 14.9. The highest BCUT2D eigenvalue weighted by atomic mass is 16.5. The first kappa shape index (κ1) is 27.5. The number of ether oxygens (including phenoxy) is 1. The molecule has 0 unspecified atom stereocenters. The molecule has 5 heteroatoms. The lowest BCUT2D eigenvalue weighted by Gasteiger charge is -2.27. The van der Waals surface area contributed by atoms with Crippen molar-refractivity contribution < 1.29 is 4.74 Å². The Hall–Kier alpha value is -2.08. The Balaban J connectivity index is 1.20. The molecule has 3 saturated heterocycles. The zero-order chi connectivity index (χ0) is 25.8. The fourth-order valence-electron chi connectivity index (χ4n) is 6.32. The third-order valence-corrected chi connectivity index (χ3v) is 8.65. The SMILES string of the molecule is c1cc(-c2ccc(NCCCN3CCCCC3)c(OCCN3CCCCC3)c2)ccc1CN1CCCCC1. The summed E-state index contributed by atoms with van der Waals surface area (Å²) in [4.78, 5) is 7.78. The number of benzene rings is 2. The van der Waals surface area contributed by atoms with E-state index in [1.165, 1.54) is 127 Å². The highest BCUT2D eigenvalue weighted by Gasteiger charge is 2.14. The van der Waals surface area contributed by atoms with Gasteiger partial charge in [0.15, 0.2) is 0 Å². The van der Waals surface area contributed by atoms with Gasteiger partial charge in [-0.05, 0) is 120 Å². The van der Waals surface area contributed by atoms with Crippen molar-refractivity contribution in [3.05, 3.63) is 48.0 Å². The van der Waals surface area contributed by atoms with Crippen molar-refractivity contribution in [1.82, 2.24) is 14.7 Å². The molecule has 2 aromatic rings. The molecule has 3 aliphatic heterocycles. The van der Waals surface area contributed by atoms with Crippen LogP contribution >= 0.6 is 0 Å². The number of nitrogens with zero attached hydrogens (tertiary/aromatic N) is 3. The molecular weight excluding hydrogens is 468 g/mol. The maximum absolute atomic E-state index is 6.45. The average Bonchev–Trinajstić information content (AvgIpc) is 2.98. The summed E-state index contributed by atoms with van der Waals surface area (Å²) in [6.07, 6.45) is 13.4. The topological polar surface area (TPSA) is 31.0 Å². The van der Waals surface area contributed by atoms with Crippen LogP contribution in [0.1, 0.15) is 69.8 Å². The molecule has 0 bridgehead atoms. The van der Waals surface area contributed by atoms with E-state index in [1.54, 1.807) is 0 Å². The molecule has 0 amide bonds. The van der Waals surface area contributed by atoms with Crippen LogP contribution in [0.3, 0.4) is 0 Å². The molecule has 0 aromatic heterocycles.